The summed E-state index contributed by atoms with van der Waals surface area (Å²) in [6.45, 7) is 0.907. The Labute approximate surface area is 131 Å². The highest BCUT2D eigenvalue weighted by Gasteiger charge is 2.37. The summed E-state index contributed by atoms with van der Waals surface area (Å²) in [5.74, 6) is 1.56. The number of hydrogen-bond donors (Lipinski definition) is 1. The van der Waals surface area contributed by atoms with Crippen LogP contribution in [0.4, 0.5) is 5.82 Å². The van der Waals surface area contributed by atoms with Gasteiger partial charge in [-0.2, -0.15) is 0 Å². The van der Waals surface area contributed by atoms with E-state index >= 15 is 0 Å². The Morgan fingerprint density at radius 3 is 3.19 bits per heavy atom. The highest BCUT2D eigenvalue weighted by Crippen LogP contribution is 2.37. The van der Waals surface area contributed by atoms with Crippen LogP contribution in [0.3, 0.4) is 0 Å². The Hall–Kier alpha value is -0.920. The topological polar surface area (TPSA) is 59.9 Å². The molecule has 0 bridgehead atoms. The van der Waals surface area contributed by atoms with Crippen molar-refractivity contribution in [2.75, 3.05) is 18.2 Å². The fourth-order valence-electron chi connectivity index (χ4n) is 3.46. The summed E-state index contributed by atoms with van der Waals surface area (Å²) in [7, 11) is 0. The van der Waals surface area contributed by atoms with Gasteiger partial charge in [0.25, 0.3) is 0 Å². The van der Waals surface area contributed by atoms with Crippen LogP contribution in [0.5, 0.6) is 0 Å². The zero-order valence-corrected chi connectivity index (χ0v) is 13.5. The lowest BCUT2D eigenvalue weighted by molar-refractivity contribution is 0.0620. The molecule has 0 radical (unpaired) electrons. The number of anilines is 1. The Balaban J connectivity index is 1.62. The summed E-state index contributed by atoms with van der Waals surface area (Å²) >= 11 is 3.33. The molecule has 3 atom stereocenters. The van der Waals surface area contributed by atoms with Crippen molar-refractivity contribution in [3.63, 3.8) is 0 Å². The molecule has 2 aromatic heterocycles. The molecule has 21 heavy (non-hydrogen) atoms. The second-order valence-corrected chi connectivity index (χ2v) is 7.65. The van der Waals surface area contributed by atoms with Crippen LogP contribution in [-0.4, -0.2) is 40.0 Å². The molecule has 0 amide bonds. The van der Waals surface area contributed by atoms with E-state index in [1.54, 1.807) is 29.4 Å². The average molecular weight is 322 g/mol. The monoisotopic (exact) mass is 322 g/mol. The van der Waals surface area contributed by atoms with Crippen molar-refractivity contribution < 1.29 is 4.74 Å². The van der Waals surface area contributed by atoms with Crippen LogP contribution in [0.25, 0.3) is 10.3 Å². The maximum Gasteiger partial charge on any atom is 0.176 e. The van der Waals surface area contributed by atoms with Crippen molar-refractivity contribution in [1.29, 1.82) is 0 Å². The summed E-state index contributed by atoms with van der Waals surface area (Å²) < 4.78 is 7.96. The van der Waals surface area contributed by atoms with Gasteiger partial charge in [0.1, 0.15) is 16.8 Å². The Morgan fingerprint density at radius 2 is 2.29 bits per heavy atom. The molecule has 2 aliphatic rings. The molecule has 1 aliphatic heterocycles. The van der Waals surface area contributed by atoms with Gasteiger partial charge in [-0.25, -0.2) is 15.0 Å². The normalized spacial score (nSPS) is 28.7. The second kappa shape index (κ2) is 5.70. The predicted octanol–water partition coefficient (Wildman–Crippen LogP) is 3.18. The number of aromatic nitrogens is 3. The van der Waals surface area contributed by atoms with Crippen LogP contribution in [0.2, 0.25) is 0 Å². The molecule has 2 aromatic rings. The second-order valence-electron chi connectivity index (χ2n) is 5.60. The summed E-state index contributed by atoms with van der Waals surface area (Å²) in [6, 6.07) is 0.462. The van der Waals surface area contributed by atoms with Gasteiger partial charge >= 0.3 is 0 Å². The van der Waals surface area contributed by atoms with Crippen molar-refractivity contribution in [3.05, 3.63) is 6.33 Å². The van der Waals surface area contributed by atoms with E-state index in [4.69, 9.17) is 4.74 Å². The van der Waals surface area contributed by atoms with Crippen molar-refractivity contribution in [2.45, 2.75) is 42.2 Å². The molecule has 3 unspecified atom stereocenters. The first-order valence-electron chi connectivity index (χ1n) is 7.39. The highest BCUT2D eigenvalue weighted by atomic mass is 32.2. The van der Waals surface area contributed by atoms with Gasteiger partial charge in [-0.05, 0) is 31.9 Å². The Bertz CT molecular complexity index is 647. The number of nitrogens with zero attached hydrogens (tertiary/aromatic N) is 3. The van der Waals surface area contributed by atoms with E-state index in [1.165, 1.54) is 19.3 Å². The SMILES string of the molecule is CSc1nc2ncnc(NC3CCCC4OCCC34)c2s1. The lowest BCUT2D eigenvalue weighted by atomic mass is 9.82. The van der Waals surface area contributed by atoms with E-state index in [2.05, 4.69) is 20.3 Å². The smallest absolute Gasteiger partial charge is 0.176 e. The lowest BCUT2D eigenvalue weighted by Gasteiger charge is -2.33. The fourth-order valence-corrected chi connectivity index (χ4v) is 4.92. The quantitative estimate of drug-likeness (QED) is 0.876. The van der Waals surface area contributed by atoms with Crippen LogP contribution >= 0.6 is 23.1 Å². The number of nitrogens with one attached hydrogen (secondary N) is 1. The minimum atomic E-state index is 0.441. The van der Waals surface area contributed by atoms with Crippen LogP contribution in [0.1, 0.15) is 25.7 Å². The first-order valence-corrected chi connectivity index (χ1v) is 9.43. The lowest BCUT2D eigenvalue weighted by Crippen LogP contribution is -2.38. The van der Waals surface area contributed by atoms with Crippen molar-refractivity contribution in [1.82, 2.24) is 15.0 Å². The zero-order chi connectivity index (χ0) is 14.2. The maximum atomic E-state index is 5.85. The molecule has 5 nitrogen and oxygen atoms in total. The molecule has 1 aliphatic carbocycles. The number of ether oxygens (including phenoxy) is 1. The summed E-state index contributed by atoms with van der Waals surface area (Å²) in [5, 5.41) is 3.66. The van der Waals surface area contributed by atoms with Gasteiger partial charge in [0, 0.05) is 18.6 Å². The molecular weight excluding hydrogens is 304 g/mol. The van der Waals surface area contributed by atoms with Crippen LogP contribution < -0.4 is 5.32 Å². The number of rotatable bonds is 3. The average Bonchev–Trinajstić information content (AvgIpc) is 3.14. The largest absolute Gasteiger partial charge is 0.378 e. The van der Waals surface area contributed by atoms with Crippen LogP contribution in [-0.2, 0) is 4.74 Å². The van der Waals surface area contributed by atoms with Crippen molar-refractivity contribution in [2.24, 2.45) is 5.92 Å². The number of thiazole rings is 1. The molecule has 7 heteroatoms. The molecule has 2 fully saturated rings. The van der Waals surface area contributed by atoms with Crippen LogP contribution in [0, 0.1) is 5.92 Å². The van der Waals surface area contributed by atoms with E-state index in [0.717, 1.165) is 33.5 Å². The summed E-state index contributed by atoms with van der Waals surface area (Å²) in [5.41, 5.74) is 0.803. The molecule has 112 valence electrons. The van der Waals surface area contributed by atoms with E-state index in [1.807, 2.05) is 6.26 Å². The first kappa shape index (κ1) is 13.7. The molecule has 0 spiro atoms. The van der Waals surface area contributed by atoms with E-state index < -0.39 is 0 Å². The number of thioether (sulfide) groups is 1. The highest BCUT2D eigenvalue weighted by molar-refractivity contribution is 8.00. The summed E-state index contributed by atoms with van der Waals surface area (Å²) in [4.78, 5) is 13.3. The maximum absolute atomic E-state index is 5.85. The van der Waals surface area contributed by atoms with E-state index in [0.29, 0.717) is 18.1 Å². The fraction of sp³-hybridized carbons (Fsp3) is 0.643. The van der Waals surface area contributed by atoms with Gasteiger partial charge in [-0.1, -0.05) is 11.8 Å². The summed E-state index contributed by atoms with van der Waals surface area (Å²) in [6.07, 6.45) is 8.89. The molecule has 1 N–H and O–H groups in total. The predicted molar refractivity (Wildman–Crippen MR) is 86.1 cm³/mol. The third-order valence-corrected chi connectivity index (χ3v) is 6.49. The van der Waals surface area contributed by atoms with Gasteiger partial charge < -0.3 is 10.1 Å². The van der Waals surface area contributed by atoms with Gasteiger partial charge in [0.2, 0.25) is 0 Å². The molecule has 3 heterocycles. The van der Waals surface area contributed by atoms with Crippen LogP contribution in [0.15, 0.2) is 10.7 Å². The van der Waals surface area contributed by atoms with Gasteiger partial charge in [-0.3, -0.25) is 0 Å². The molecule has 1 saturated carbocycles. The van der Waals surface area contributed by atoms with E-state index in [9.17, 15) is 0 Å². The third-order valence-electron chi connectivity index (χ3n) is 4.45. The minimum Gasteiger partial charge on any atom is -0.378 e. The third kappa shape index (κ3) is 2.51. The standard InChI is InChI=1S/C14H18N4OS2/c1-20-14-18-13-11(21-14)12(15-7-16-13)17-9-3-2-4-10-8(9)5-6-19-10/h7-10H,2-6H2,1H3,(H,15,16,17). The van der Waals surface area contributed by atoms with Crippen molar-refractivity contribution >= 4 is 39.3 Å². The number of fused-ring (bicyclic) bond motifs is 2. The van der Waals surface area contributed by atoms with Gasteiger partial charge in [0.15, 0.2) is 9.99 Å². The van der Waals surface area contributed by atoms with Gasteiger partial charge in [-0.15, -0.1) is 11.3 Å². The molecule has 0 aromatic carbocycles. The van der Waals surface area contributed by atoms with Crippen molar-refractivity contribution in [3.8, 4) is 0 Å². The molecule has 4 rings (SSSR count). The first-order chi connectivity index (χ1) is 10.3. The molecular formula is C14H18N4OS2. The Morgan fingerprint density at radius 1 is 1.33 bits per heavy atom. The molecule has 1 saturated heterocycles. The Kier molecular flexibility index (Phi) is 3.72. The minimum absolute atomic E-state index is 0.441. The van der Waals surface area contributed by atoms with Gasteiger partial charge in [0.05, 0.1) is 6.10 Å². The zero-order valence-electron chi connectivity index (χ0n) is 11.9. The van der Waals surface area contributed by atoms with E-state index in [-0.39, 0.29) is 0 Å². The number of hydrogen-bond acceptors (Lipinski definition) is 7.